The maximum Gasteiger partial charge on any atom is 0.573 e. The lowest BCUT2D eigenvalue weighted by atomic mass is 9.86. The van der Waals surface area contributed by atoms with Crippen LogP contribution >= 0.6 is 0 Å². The fourth-order valence-electron chi connectivity index (χ4n) is 1.98. The van der Waals surface area contributed by atoms with E-state index in [9.17, 15) is 18.3 Å². The van der Waals surface area contributed by atoms with Crippen molar-refractivity contribution in [2.24, 2.45) is 0 Å². The van der Waals surface area contributed by atoms with E-state index in [0.717, 1.165) is 0 Å². The van der Waals surface area contributed by atoms with Gasteiger partial charge in [-0.05, 0) is 18.9 Å². The zero-order valence-corrected chi connectivity index (χ0v) is 10.4. The van der Waals surface area contributed by atoms with Crippen LogP contribution in [0.25, 0.3) is 0 Å². The Morgan fingerprint density at radius 3 is 2.28 bits per heavy atom. The van der Waals surface area contributed by atoms with Gasteiger partial charge in [-0.2, -0.15) is 0 Å². The van der Waals surface area contributed by atoms with Gasteiger partial charge in [-0.15, -0.1) is 13.2 Å². The molecule has 0 spiro atoms. The molecule has 0 aliphatic rings. The molecule has 18 heavy (non-hydrogen) atoms. The highest BCUT2D eigenvalue weighted by molar-refractivity contribution is 5.38. The Labute approximate surface area is 104 Å². The number of para-hydroxylation sites is 1. The van der Waals surface area contributed by atoms with Gasteiger partial charge in [0.2, 0.25) is 0 Å². The Bertz CT molecular complexity index is 390. The van der Waals surface area contributed by atoms with Crippen LogP contribution in [0.5, 0.6) is 5.75 Å². The Morgan fingerprint density at radius 2 is 1.78 bits per heavy atom. The van der Waals surface area contributed by atoms with E-state index in [0.29, 0.717) is 19.3 Å². The van der Waals surface area contributed by atoms with Crippen LogP contribution < -0.4 is 4.74 Å². The van der Waals surface area contributed by atoms with E-state index in [1.54, 1.807) is 13.0 Å². The molecule has 5 heteroatoms. The fourth-order valence-corrected chi connectivity index (χ4v) is 1.98. The van der Waals surface area contributed by atoms with Crippen LogP contribution in [-0.2, 0) is 5.60 Å². The number of alkyl halides is 3. The predicted molar refractivity (Wildman–Crippen MR) is 62.2 cm³/mol. The van der Waals surface area contributed by atoms with Crippen LogP contribution in [0.4, 0.5) is 13.2 Å². The molecule has 0 fully saturated rings. The largest absolute Gasteiger partial charge is 0.573 e. The van der Waals surface area contributed by atoms with Crippen molar-refractivity contribution in [3.63, 3.8) is 0 Å². The van der Waals surface area contributed by atoms with Gasteiger partial charge in [0.05, 0.1) is 5.60 Å². The van der Waals surface area contributed by atoms with Gasteiger partial charge < -0.3 is 9.84 Å². The monoisotopic (exact) mass is 262 g/mol. The summed E-state index contributed by atoms with van der Waals surface area (Å²) in [7, 11) is 0. The summed E-state index contributed by atoms with van der Waals surface area (Å²) < 4.78 is 40.9. The van der Waals surface area contributed by atoms with E-state index in [2.05, 4.69) is 4.74 Å². The Kier molecular flexibility index (Phi) is 4.62. The highest BCUT2D eigenvalue weighted by atomic mass is 19.4. The van der Waals surface area contributed by atoms with E-state index < -0.39 is 12.0 Å². The van der Waals surface area contributed by atoms with Gasteiger partial charge in [0.1, 0.15) is 5.75 Å². The lowest BCUT2D eigenvalue weighted by molar-refractivity contribution is -0.275. The Balaban J connectivity index is 3.15. The highest BCUT2D eigenvalue weighted by Crippen LogP contribution is 2.38. The summed E-state index contributed by atoms with van der Waals surface area (Å²) in [6.45, 7) is 3.61. The first-order valence-electron chi connectivity index (χ1n) is 5.90. The minimum atomic E-state index is -4.75. The summed E-state index contributed by atoms with van der Waals surface area (Å²) in [5.41, 5.74) is -1.09. The molecular weight excluding hydrogens is 245 g/mol. The smallest absolute Gasteiger partial charge is 0.405 e. The summed E-state index contributed by atoms with van der Waals surface area (Å²) in [6, 6.07) is 5.74. The van der Waals surface area contributed by atoms with Crippen LogP contribution in [-0.4, -0.2) is 11.5 Å². The van der Waals surface area contributed by atoms with Crippen molar-refractivity contribution in [2.75, 3.05) is 0 Å². The molecule has 1 rings (SSSR count). The molecule has 0 radical (unpaired) electrons. The molecule has 0 aliphatic heterocycles. The second-order valence-electron chi connectivity index (χ2n) is 4.18. The average Bonchev–Trinajstić information content (AvgIpc) is 2.28. The number of benzene rings is 1. The third-order valence-corrected chi connectivity index (χ3v) is 2.86. The molecule has 0 aliphatic carbocycles. The first-order valence-corrected chi connectivity index (χ1v) is 5.90. The first-order chi connectivity index (χ1) is 8.32. The number of halogens is 3. The maximum atomic E-state index is 12.3. The van der Waals surface area contributed by atoms with Gasteiger partial charge in [-0.3, -0.25) is 0 Å². The van der Waals surface area contributed by atoms with Crippen LogP contribution in [0.1, 0.15) is 38.7 Å². The molecule has 1 unspecified atom stereocenters. The summed E-state index contributed by atoms with van der Waals surface area (Å²) in [6.07, 6.45) is -3.36. The molecule has 102 valence electrons. The lowest BCUT2D eigenvalue weighted by Crippen LogP contribution is -2.27. The van der Waals surface area contributed by atoms with E-state index in [-0.39, 0.29) is 11.3 Å². The van der Waals surface area contributed by atoms with Gasteiger partial charge in [-0.25, -0.2) is 0 Å². The molecular formula is C13H17F3O2. The molecule has 0 heterocycles. The second kappa shape index (κ2) is 5.61. The summed E-state index contributed by atoms with van der Waals surface area (Å²) >= 11 is 0. The van der Waals surface area contributed by atoms with Crippen molar-refractivity contribution in [3.05, 3.63) is 29.8 Å². The molecule has 0 aromatic heterocycles. The first kappa shape index (κ1) is 14.8. The zero-order chi connectivity index (χ0) is 13.8. The van der Waals surface area contributed by atoms with Crippen LogP contribution in [0, 0.1) is 0 Å². The topological polar surface area (TPSA) is 29.5 Å². The third kappa shape index (κ3) is 3.63. The Hall–Kier alpha value is -1.23. The minimum absolute atomic E-state index is 0.187. The van der Waals surface area contributed by atoms with Crippen molar-refractivity contribution < 1.29 is 23.0 Å². The van der Waals surface area contributed by atoms with Crippen molar-refractivity contribution in [1.29, 1.82) is 0 Å². The number of rotatable bonds is 5. The van der Waals surface area contributed by atoms with E-state index >= 15 is 0 Å². The van der Waals surface area contributed by atoms with Crippen molar-refractivity contribution >= 4 is 0 Å². The maximum absolute atomic E-state index is 12.3. The molecule has 1 N–H and O–H groups in total. The SMILES string of the molecule is CCCC(O)(CC)c1ccccc1OC(F)(F)F. The van der Waals surface area contributed by atoms with Crippen LogP contribution in [0.15, 0.2) is 24.3 Å². The van der Waals surface area contributed by atoms with E-state index in [1.807, 2.05) is 6.92 Å². The molecule has 2 nitrogen and oxygen atoms in total. The van der Waals surface area contributed by atoms with Crippen LogP contribution in [0.2, 0.25) is 0 Å². The third-order valence-electron chi connectivity index (χ3n) is 2.86. The number of hydrogen-bond acceptors (Lipinski definition) is 2. The molecule has 1 aromatic rings. The summed E-state index contributed by atoms with van der Waals surface area (Å²) in [5, 5.41) is 10.4. The lowest BCUT2D eigenvalue weighted by Gasteiger charge is -2.29. The quantitative estimate of drug-likeness (QED) is 0.869. The van der Waals surface area contributed by atoms with Gasteiger partial charge in [0, 0.05) is 5.56 Å². The van der Waals surface area contributed by atoms with Gasteiger partial charge >= 0.3 is 6.36 Å². The average molecular weight is 262 g/mol. The predicted octanol–water partition coefficient (Wildman–Crippen LogP) is 3.98. The standard InChI is InChI=1S/C13H17F3O2/c1-3-9-12(17,4-2)10-7-5-6-8-11(10)18-13(14,15)16/h5-8,17H,3-4,9H2,1-2H3. The molecule has 1 aromatic carbocycles. The van der Waals surface area contributed by atoms with Crippen molar-refractivity contribution in [1.82, 2.24) is 0 Å². The molecule has 0 bridgehead atoms. The molecule has 0 saturated heterocycles. The fraction of sp³-hybridized carbons (Fsp3) is 0.538. The summed E-state index contributed by atoms with van der Waals surface area (Å²) in [4.78, 5) is 0. The molecule has 0 saturated carbocycles. The number of hydrogen-bond donors (Lipinski definition) is 1. The normalized spacial score (nSPS) is 15.2. The minimum Gasteiger partial charge on any atom is -0.405 e. The van der Waals surface area contributed by atoms with E-state index in [1.165, 1.54) is 18.2 Å². The van der Waals surface area contributed by atoms with E-state index in [4.69, 9.17) is 0 Å². The number of ether oxygens (including phenoxy) is 1. The van der Waals surface area contributed by atoms with Crippen molar-refractivity contribution in [2.45, 2.75) is 45.1 Å². The molecule has 1 atom stereocenters. The molecule has 0 amide bonds. The zero-order valence-electron chi connectivity index (χ0n) is 10.4. The van der Waals surface area contributed by atoms with Crippen LogP contribution in [0.3, 0.4) is 0 Å². The Morgan fingerprint density at radius 1 is 1.17 bits per heavy atom. The van der Waals surface area contributed by atoms with Crippen molar-refractivity contribution in [3.8, 4) is 5.75 Å². The second-order valence-corrected chi connectivity index (χ2v) is 4.18. The van der Waals surface area contributed by atoms with Gasteiger partial charge in [0.25, 0.3) is 0 Å². The summed E-state index contributed by atoms with van der Waals surface area (Å²) in [5.74, 6) is -0.331. The number of aliphatic hydroxyl groups is 1. The highest BCUT2D eigenvalue weighted by Gasteiger charge is 2.36. The van der Waals surface area contributed by atoms with Gasteiger partial charge in [-0.1, -0.05) is 38.5 Å². The van der Waals surface area contributed by atoms with Gasteiger partial charge in [0.15, 0.2) is 0 Å².